The Balaban J connectivity index is 1.43. The average Bonchev–Trinajstić information content (AvgIpc) is 3.28. The van der Waals surface area contributed by atoms with E-state index in [1.807, 2.05) is 6.07 Å². The van der Waals surface area contributed by atoms with Gasteiger partial charge in [-0.1, -0.05) is 24.3 Å². The minimum atomic E-state index is -0.697. The molecule has 2 aromatic carbocycles. The molecular weight excluding hydrogens is 396 g/mol. The molecule has 0 fully saturated rings. The van der Waals surface area contributed by atoms with Gasteiger partial charge in [0.1, 0.15) is 11.6 Å². The van der Waals surface area contributed by atoms with Gasteiger partial charge in [0.15, 0.2) is 5.13 Å². The molecule has 0 bridgehead atoms. The van der Waals surface area contributed by atoms with Gasteiger partial charge < -0.3 is 5.32 Å². The summed E-state index contributed by atoms with van der Waals surface area (Å²) in [6, 6.07) is 12.4. The molecule has 148 valence electrons. The van der Waals surface area contributed by atoms with Gasteiger partial charge in [-0.3, -0.25) is 14.9 Å². The van der Waals surface area contributed by atoms with E-state index in [1.54, 1.807) is 24.3 Å². The Kier molecular flexibility index (Phi) is 5.35. The van der Waals surface area contributed by atoms with E-state index in [2.05, 4.69) is 15.6 Å². The van der Waals surface area contributed by atoms with Crippen molar-refractivity contribution < 1.29 is 18.4 Å². The number of carbonyl (C=O) groups is 2. The molecule has 1 heterocycles. The highest BCUT2D eigenvalue weighted by Gasteiger charge is 2.33. The largest absolute Gasteiger partial charge is 0.351 e. The smallest absolute Gasteiger partial charge is 0.257 e. The molecule has 5 nitrogen and oxygen atoms in total. The van der Waals surface area contributed by atoms with E-state index in [0.717, 1.165) is 17.0 Å². The molecule has 4 rings (SSSR count). The van der Waals surface area contributed by atoms with E-state index >= 15 is 0 Å². The second kappa shape index (κ2) is 8.08. The van der Waals surface area contributed by atoms with Crippen LogP contribution in [0.2, 0.25) is 0 Å². The van der Waals surface area contributed by atoms with Crippen molar-refractivity contribution in [1.82, 2.24) is 10.3 Å². The topological polar surface area (TPSA) is 71.1 Å². The molecule has 0 spiro atoms. The van der Waals surface area contributed by atoms with Crippen LogP contribution in [0.1, 0.15) is 38.8 Å². The number of anilines is 1. The lowest BCUT2D eigenvalue weighted by Gasteiger charge is -2.11. The SMILES string of the molecule is O=C(Nc1nc2c(s1)CC[C@H]2C(=O)NCc1c(F)cccc1F)c1ccccc1. The Morgan fingerprint density at radius 1 is 1.07 bits per heavy atom. The van der Waals surface area contributed by atoms with Gasteiger partial charge in [0.2, 0.25) is 5.91 Å². The van der Waals surface area contributed by atoms with Crippen LogP contribution in [-0.4, -0.2) is 16.8 Å². The normalized spacial score (nSPS) is 15.0. The van der Waals surface area contributed by atoms with Crippen LogP contribution in [0.15, 0.2) is 48.5 Å². The fourth-order valence-corrected chi connectivity index (χ4v) is 4.33. The summed E-state index contributed by atoms with van der Waals surface area (Å²) < 4.78 is 27.5. The standard InChI is InChI=1S/C21H17F2N3O2S/c22-15-7-4-8-16(23)14(15)11-24-20(28)13-9-10-17-18(13)25-21(29-17)26-19(27)12-5-2-1-3-6-12/h1-8,13H,9-11H2,(H,24,28)(H,25,26,27)/t13-/m1/s1. The number of aryl methyl sites for hydroxylation is 1. The van der Waals surface area contributed by atoms with Gasteiger partial charge in [0.25, 0.3) is 5.91 Å². The van der Waals surface area contributed by atoms with Crippen LogP contribution in [0.4, 0.5) is 13.9 Å². The van der Waals surface area contributed by atoms with Crippen molar-refractivity contribution in [2.45, 2.75) is 25.3 Å². The maximum absolute atomic E-state index is 13.7. The molecule has 1 aromatic heterocycles. The predicted octanol–water partition coefficient (Wildman–Crippen LogP) is 4.02. The van der Waals surface area contributed by atoms with E-state index in [1.165, 1.54) is 17.4 Å². The van der Waals surface area contributed by atoms with Crippen molar-refractivity contribution in [2.75, 3.05) is 5.32 Å². The number of carbonyl (C=O) groups excluding carboxylic acids is 2. The molecule has 1 atom stereocenters. The Bertz CT molecular complexity index is 1050. The molecule has 2 N–H and O–H groups in total. The fraction of sp³-hybridized carbons (Fsp3) is 0.190. The van der Waals surface area contributed by atoms with Gasteiger partial charge in [-0.25, -0.2) is 13.8 Å². The zero-order chi connectivity index (χ0) is 20.4. The number of aromatic nitrogens is 1. The third-order valence-corrected chi connectivity index (χ3v) is 5.84. The van der Waals surface area contributed by atoms with Crippen LogP contribution >= 0.6 is 11.3 Å². The summed E-state index contributed by atoms with van der Waals surface area (Å²) in [5, 5.41) is 5.79. The number of halogens is 2. The maximum Gasteiger partial charge on any atom is 0.257 e. The maximum atomic E-state index is 13.7. The van der Waals surface area contributed by atoms with Gasteiger partial charge >= 0.3 is 0 Å². The molecule has 2 amide bonds. The molecule has 0 unspecified atom stereocenters. The Morgan fingerprint density at radius 3 is 2.52 bits per heavy atom. The Morgan fingerprint density at radius 2 is 1.79 bits per heavy atom. The lowest BCUT2D eigenvalue weighted by atomic mass is 10.1. The van der Waals surface area contributed by atoms with Crippen molar-refractivity contribution in [2.24, 2.45) is 0 Å². The summed E-state index contributed by atoms with van der Waals surface area (Å²) in [6.45, 7) is -0.231. The van der Waals surface area contributed by atoms with Gasteiger partial charge in [-0.2, -0.15) is 0 Å². The Hall–Kier alpha value is -3.13. The van der Waals surface area contributed by atoms with Gasteiger partial charge in [0, 0.05) is 22.5 Å². The zero-order valence-electron chi connectivity index (χ0n) is 15.2. The van der Waals surface area contributed by atoms with E-state index in [4.69, 9.17) is 0 Å². The molecule has 8 heteroatoms. The van der Waals surface area contributed by atoms with Crippen LogP contribution in [-0.2, 0) is 17.8 Å². The highest BCUT2D eigenvalue weighted by Crippen LogP contribution is 2.38. The van der Waals surface area contributed by atoms with E-state index < -0.39 is 17.6 Å². The van der Waals surface area contributed by atoms with Crippen molar-refractivity contribution in [3.63, 3.8) is 0 Å². The zero-order valence-corrected chi connectivity index (χ0v) is 16.1. The number of hydrogen-bond acceptors (Lipinski definition) is 4. The highest BCUT2D eigenvalue weighted by atomic mass is 32.1. The number of nitrogens with zero attached hydrogens (tertiary/aromatic N) is 1. The average molecular weight is 413 g/mol. The number of amides is 2. The number of nitrogens with one attached hydrogen (secondary N) is 2. The molecule has 3 aromatic rings. The fourth-order valence-electron chi connectivity index (χ4n) is 3.29. The second-order valence-corrected chi connectivity index (χ2v) is 7.74. The van der Waals surface area contributed by atoms with Crippen molar-refractivity contribution in [1.29, 1.82) is 0 Å². The number of rotatable bonds is 5. The number of hydrogen-bond donors (Lipinski definition) is 2. The molecule has 0 aliphatic heterocycles. The van der Waals surface area contributed by atoms with Crippen molar-refractivity contribution in [3.05, 3.63) is 81.9 Å². The molecule has 1 aliphatic carbocycles. The molecule has 1 aliphatic rings. The summed E-state index contributed by atoms with van der Waals surface area (Å²) in [5.41, 5.74) is 0.960. The van der Waals surface area contributed by atoms with Gasteiger partial charge in [0.05, 0.1) is 11.6 Å². The summed E-state index contributed by atoms with van der Waals surface area (Å²) >= 11 is 1.34. The quantitative estimate of drug-likeness (QED) is 0.664. The van der Waals surface area contributed by atoms with Crippen LogP contribution in [0, 0.1) is 11.6 Å². The number of benzene rings is 2. The summed E-state index contributed by atoms with van der Waals surface area (Å²) in [5.74, 6) is -2.50. The lowest BCUT2D eigenvalue weighted by molar-refractivity contribution is -0.122. The first-order valence-electron chi connectivity index (χ1n) is 9.09. The lowest BCUT2D eigenvalue weighted by Crippen LogP contribution is -2.29. The van der Waals surface area contributed by atoms with E-state index in [9.17, 15) is 18.4 Å². The van der Waals surface area contributed by atoms with Crippen LogP contribution in [0.5, 0.6) is 0 Å². The summed E-state index contributed by atoms with van der Waals surface area (Å²) in [4.78, 5) is 30.2. The second-order valence-electron chi connectivity index (χ2n) is 6.66. The van der Waals surface area contributed by atoms with Crippen LogP contribution in [0.3, 0.4) is 0 Å². The van der Waals surface area contributed by atoms with E-state index in [0.29, 0.717) is 29.2 Å². The molecular formula is C21H17F2N3O2S. The monoisotopic (exact) mass is 413 g/mol. The van der Waals surface area contributed by atoms with Gasteiger partial charge in [-0.05, 0) is 37.1 Å². The van der Waals surface area contributed by atoms with E-state index in [-0.39, 0.29) is 23.9 Å². The number of thiazole rings is 1. The minimum Gasteiger partial charge on any atom is -0.351 e. The number of fused-ring (bicyclic) bond motifs is 1. The summed E-state index contributed by atoms with van der Waals surface area (Å²) in [7, 11) is 0. The first-order chi connectivity index (χ1) is 14.0. The molecule has 0 radical (unpaired) electrons. The van der Waals surface area contributed by atoms with Gasteiger partial charge in [-0.15, -0.1) is 11.3 Å². The minimum absolute atomic E-state index is 0.173. The summed E-state index contributed by atoms with van der Waals surface area (Å²) in [6.07, 6.45) is 1.24. The predicted molar refractivity (Wildman–Crippen MR) is 106 cm³/mol. The first-order valence-corrected chi connectivity index (χ1v) is 9.91. The third-order valence-electron chi connectivity index (χ3n) is 4.79. The molecule has 0 saturated carbocycles. The molecule has 29 heavy (non-hydrogen) atoms. The van der Waals surface area contributed by atoms with Crippen molar-refractivity contribution >= 4 is 28.3 Å². The first kappa shape index (κ1) is 19.2. The molecule has 0 saturated heterocycles. The van der Waals surface area contributed by atoms with Crippen LogP contribution < -0.4 is 10.6 Å². The highest BCUT2D eigenvalue weighted by molar-refractivity contribution is 7.16. The Labute approximate surface area is 169 Å². The van der Waals surface area contributed by atoms with Crippen molar-refractivity contribution in [3.8, 4) is 0 Å². The third kappa shape index (κ3) is 4.02. The van der Waals surface area contributed by atoms with Crippen LogP contribution in [0.25, 0.3) is 0 Å².